The van der Waals surface area contributed by atoms with Crippen LogP contribution in [0.3, 0.4) is 0 Å². The van der Waals surface area contributed by atoms with Gasteiger partial charge in [0.25, 0.3) is 5.91 Å². The fourth-order valence-electron chi connectivity index (χ4n) is 3.77. The first-order chi connectivity index (χ1) is 14.4. The zero-order valence-electron chi connectivity index (χ0n) is 17.7. The lowest BCUT2D eigenvalue weighted by atomic mass is 10.2. The van der Waals surface area contributed by atoms with Crippen LogP contribution in [0.15, 0.2) is 42.5 Å². The molecule has 1 aliphatic heterocycles. The predicted octanol–water partition coefficient (Wildman–Crippen LogP) is 3.78. The number of hydrogen-bond acceptors (Lipinski definition) is 3. The second-order valence-electron chi connectivity index (χ2n) is 7.94. The van der Waals surface area contributed by atoms with Crippen molar-refractivity contribution in [3.63, 3.8) is 0 Å². The van der Waals surface area contributed by atoms with Crippen molar-refractivity contribution < 1.29 is 9.59 Å². The summed E-state index contributed by atoms with van der Waals surface area (Å²) in [4.78, 5) is 33.4. The van der Waals surface area contributed by atoms with Gasteiger partial charge in [-0.3, -0.25) is 4.79 Å². The van der Waals surface area contributed by atoms with Crippen molar-refractivity contribution in [2.24, 2.45) is 7.05 Å². The van der Waals surface area contributed by atoms with E-state index >= 15 is 0 Å². The molecule has 0 aliphatic carbocycles. The summed E-state index contributed by atoms with van der Waals surface area (Å²) in [6.07, 6.45) is 2.14. The number of aryl methyl sites for hydroxylation is 2. The highest BCUT2D eigenvalue weighted by Gasteiger charge is 2.21. The molecule has 2 aromatic carbocycles. The third-order valence-corrected chi connectivity index (χ3v) is 5.64. The number of carbonyl (C=O) groups excluding carboxylic acids is 2. The Morgan fingerprint density at radius 2 is 1.80 bits per heavy atom. The van der Waals surface area contributed by atoms with Crippen molar-refractivity contribution in [3.05, 3.63) is 59.4 Å². The van der Waals surface area contributed by atoms with E-state index < -0.39 is 0 Å². The average Bonchev–Trinajstić information content (AvgIpc) is 3.38. The van der Waals surface area contributed by atoms with Crippen molar-refractivity contribution >= 4 is 28.7 Å². The monoisotopic (exact) mass is 405 g/mol. The second-order valence-corrected chi connectivity index (χ2v) is 7.94. The molecule has 3 amide bonds. The Morgan fingerprint density at radius 3 is 2.50 bits per heavy atom. The topological polar surface area (TPSA) is 70.5 Å². The van der Waals surface area contributed by atoms with Gasteiger partial charge in [0.05, 0.1) is 17.6 Å². The maximum absolute atomic E-state index is 12.7. The molecule has 30 heavy (non-hydrogen) atoms. The molecule has 0 spiro atoms. The molecule has 3 aromatic rings. The van der Waals surface area contributed by atoms with Crippen LogP contribution in [-0.2, 0) is 13.6 Å². The number of nitrogens with one attached hydrogen (secondary N) is 1. The molecule has 0 radical (unpaired) electrons. The molecule has 0 unspecified atom stereocenters. The normalized spacial score (nSPS) is 13.6. The summed E-state index contributed by atoms with van der Waals surface area (Å²) in [5, 5.41) is 2.90. The van der Waals surface area contributed by atoms with Gasteiger partial charge in [-0.2, -0.15) is 0 Å². The van der Waals surface area contributed by atoms with E-state index in [1.54, 1.807) is 11.9 Å². The molecule has 7 nitrogen and oxygen atoms in total. The maximum Gasteiger partial charge on any atom is 0.321 e. The molecule has 1 aliphatic rings. The third-order valence-electron chi connectivity index (χ3n) is 5.64. The first-order valence-electron chi connectivity index (χ1n) is 10.3. The van der Waals surface area contributed by atoms with Crippen molar-refractivity contribution in [2.45, 2.75) is 26.3 Å². The van der Waals surface area contributed by atoms with Crippen LogP contribution < -0.4 is 5.32 Å². The number of rotatable bonds is 4. The van der Waals surface area contributed by atoms with Crippen LogP contribution >= 0.6 is 0 Å². The zero-order chi connectivity index (χ0) is 21.3. The van der Waals surface area contributed by atoms with E-state index in [1.165, 1.54) is 0 Å². The number of benzene rings is 2. The minimum Gasteiger partial charge on any atom is -0.339 e. The molecular formula is C23H27N5O2. The summed E-state index contributed by atoms with van der Waals surface area (Å²) < 4.78 is 1.97. The number of carbonyl (C=O) groups is 2. The number of nitrogens with zero attached hydrogens (tertiary/aromatic N) is 4. The molecule has 156 valence electrons. The van der Waals surface area contributed by atoms with Crippen LogP contribution in [0.2, 0.25) is 0 Å². The van der Waals surface area contributed by atoms with Gasteiger partial charge in [-0.25, -0.2) is 9.78 Å². The fourth-order valence-corrected chi connectivity index (χ4v) is 3.77. The van der Waals surface area contributed by atoms with Crippen LogP contribution in [0.1, 0.15) is 34.6 Å². The number of amides is 3. The predicted molar refractivity (Wildman–Crippen MR) is 118 cm³/mol. The van der Waals surface area contributed by atoms with Gasteiger partial charge in [-0.15, -0.1) is 0 Å². The van der Waals surface area contributed by atoms with Crippen molar-refractivity contribution in [3.8, 4) is 0 Å². The van der Waals surface area contributed by atoms with E-state index in [4.69, 9.17) is 4.98 Å². The molecule has 1 aromatic heterocycles. The number of aromatic nitrogens is 2. The zero-order valence-corrected chi connectivity index (χ0v) is 17.7. The van der Waals surface area contributed by atoms with Crippen LogP contribution in [0, 0.1) is 6.92 Å². The summed E-state index contributed by atoms with van der Waals surface area (Å²) >= 11 is 0. The van der Waals surface area contributed by atoms with E-state index in [2.05, 4.69) is 5.32 Å². The largest absolute Gasteiger partial charge is 0.339 e. The van der Waals surface area contributed by atoms with Crippen molar-refractivity contribution in [1.29, 1.82) is 0 Å². The Labute approximate surface area is 176 Å². The lowest BCUT2D eigenvalue weighted by Gasteiger charge is -2.17. The smallest absolute Gasteiger partial charge is 0.321 e. The SMILES string of the molecule is Cc1ccc(NC(=O)N(C)Cc2nc3cc(C(=O)N4CCCC4)ccc3n2C)cc1. The molecule has 4 rings (SSSR count). The summed E-state index contributed by atoms with van der Waals surface area (Å²) in [5.41, 5.74) is 4.27. The quantitative estimate of drug-likeness (QED) is 0.718. The number of imidazole rings is 1. The highest BCUT2D eigenvalue weighted by Crippen LogP contribution is 2.20. The van der Waals surface area contributed by atoms with E-state index in [9.17, 15) is 9.59 Å². The standard InChI is InChI=1S/C23H27N5O2/c1-16-6-9-18(10-7-16)24-23(30)26(2)15-21-25-19-14-17(8-11-20(19)27(21)3)22(29)28-12-4-5-13-28/h6-11,14H,4-5,12-13,15H2,1-3H3,(H,24,30). The number of urea groups is 1. The Bertz CT molecular complexity index is 1080. The molecule has 0 bridgehead atoms. The van der Waals surface area contributed by atoms with Gasteiger partial charge in [0.15, 0.2) is 0 Å². The highest BCUT2D eigenvalue weighted by atomic mass is 16.2. The maximum atomic E-state index is 12.7. The minimum atomic E-state index is -0.198. The Kier molecular flexibility index (Phi) is 5.44. The van der Waals surface area contributed by atoms with Gasteiger partial charge < -0.3 is 19.7 Å². The minimum absolute atomic E-state index is 0.0659. The molecule has 0 saturated carbocycles. The number of anilines is 1. The summed E-state index contributed by atoms with van der Waals surface area (Å²) in [7, 11) is 3.67. The summed E-state index contributed by atoms with van der Waals surface area (Å²) in [6.45, 7) is 4.02. The van der Waals surface area contributed by atoms with Crippen LogP contribution in [0.25, 0.3) is 11.0 Å². The first kappa shape index (κ1) is 19.9. The molecule has 1 fully saturated rings. The molecule has 7 heteroatoms. The van der Waals surface area contributed by atoms with Crippen LogP contribution in [0.4, 0.5) is 10.5 Å². The van der Waals surface area contributed by atoms with Gasteiger partial charge >= 0.3 is 6.03 Å². The fraction of sp³-hybridized carbons (Fsp3) is 0.348. The van der Waals surface area contributed by atoms with Gasteiger partial charge in [-0.1, -0.05) is 17.7 Å². The molecule has 0 atom stereocenters. The Hall–Kier alpha value is -3.35. The molecule has 1 N–H and O–H groups in total. The van der Waals surface area contributed by atoms with Gasteiger partial charge in [0, 0.05) is 38.4 Å². The number of fused-ring (bicyclic) bond motifs is 1. The lowest BCUT2D eigenvalue weighted by molar-refractivity contribution is 0.0793. The molecule has 2 heterocycles. The van der Waals surface area contributed by atoms with E-state index in [-0.39, 0.29) is 11.9 Å². The van der Waals surface area contributed by atoms with Crippen LogP contribution in [-0.4, -0.2) is 51.4 Å². The van der Waals surface area contributed by atoms with Crippen molar-refractivity contribution in [1.82, 2.24) is 19.4 Å². The Balaban J connectivity index is 1.49. The average molecular weight is 406 g/mol. The van der Waals surface area contributed by atoms with Gasteiger partial charge in [0.2, 0.25) is 0 Å². The Morgan fingerprint density at radius 1 is 1.10 bits per heavy atom. The van der Waals surface area contributed by atoms with Crippen LogP contribution in [0.5, 0.6) is 0 Å². The summed E-state index contributed by atoms with van der Waals surface area (Å²) in [6, 6.07) is 13.1. The van der Waals surface area contributed by atoms with Gasteiger partial charge in [-0.05, 0) is 50.1 Å². The lowest BCUT2D eigenvalue weighted by Crippen LogP contribution is -2.31. The number of hydrogen-bond donors (Lipinski definition) is 1. The van der Waals surface area contributed by atoms with Gasteiger partial charge in [0.1, 0.15) is 5.82 Å². The van der Waals surface area contributed by atoms with E-state index in [1.807, 2.05) is 65.9 Å². The van der Waals surface area contributed by atoms with E-state index in [0.29, 0.717) is 12.1 Å². The first-order valence-corrected chi connectivity index (χ1v) is 10.3. The molecular weight excluding hydrogens is 378 g/mol. The molecule has 1 saturated heterocycles. The number of likely N-dealkylation sites (tertiary alicyclic amines) is 1. The highest BCUT2D eigenvalue weighted by molar-refractivity contribution is 5.97. The van der Waals surface area contributed by atoms with E-state index in [0.717, 1.165) is 54.0 Å². The second kappa shape index (κ2) is 8.18. The summed E-state index contributed by atoms with van der Waals surface area (Å²) in [5.74, 6) is 0.827. The van der Waals surface area contributed by atoms with Crippen molar-refractivity contribution in [2.75, 3.05) is 25.5 Å². The third kappa shape index (κ3) is 4.01.